The van der Waals surface area contributed by atoms with Crippen LogP contribution in [-0.4, -0.2) is 34.1 Å². The molecular weight excluding hydrogens is 244 g/mol. The van der Waals surface area contributed by atoms with Crippen LogP contribution in [-0.2, 0) is 17.7 Å². The fraction of sp³-hybridized carbons (Fsp3) is 0.692. The minimum Gasteiger partial charge on any atom is -0.444 e. The molecule has 1 atom stereocenters. The van der Waals surface area contributed by atoms with Crippen molar-refractivity contribution in [2.75, 3.05) is 6.54 Å². The Morgan fingerprint density at radius 1 is 1.58 bits per heavy atom. The molecule has 1 unspecified atom stereocenters. The molecule has 19 heavy (non-hydrogen) atoms. The number of hydrogen-bond acceptors (Lipinski definition) is 4. The first kappa shape index (κ1) is 15.5. The lowest BCUT2D eigenvalue weighted by Crippen LogP contribution is -2.41. The number of hydrogen-bond donors (Lipinski definition) is 2. The van der Waals surface area contributed by atoms with E-state index in [2.05, 4.69) is 10.4 Å². The molecule has 0 fully saturated rings. The first-order chi connectivity index (χ1) is 8.81. The second kappa shape index (κ2) is 6.56. The molecule has 1 rings (SSSR count). The number of aryl methyl sites for hydroxylation is 1. The molecule has 6 heteroatoms. The van der Waals surface area contributed by atoms with Gasteiger partial charge in [0.2, 0.25) is 0 Å². The van der Waals surface area contributed by atoms with Crippen molar-refractivity contribution >= 4 is 6.09 Å². The molecule has 0 bridgehead atoms. The van der Waals surface area contributed by atoms with Gasteiger partial charge < -0.3 is 15.8 Å². The highest BCUT2D eigenvalue weighted by atomic mass is 16.6. The van der Waals surface area contributed by atoms with Crippen molar-refractivity contribution in [2.45, 2.75) is 52.3 Å². The fourth-order valence-electron chi connectivity index (χ4n) is 1.69. The van der Waals surface area contributed by atoms with Gasteiger partial charge in [0.05, 0.1) is 0 Å². The summed E-state index contributed by atoms with van der Waals surface area (Å²) in [7, 11) is 0. The summed E-state index contributed by atoms with van der Waals surface area (Å²) in [6.45, 7) is 8.70. The molecule has 108 valence electrons. The maximum absolute atomic E-state index is 11.5. The molecule has 0 saturated carbocycles. The van der Waals surface area contributed by atoms with Crippen LogP contribution in [0.4, 0.5) is 4.79 Å². The van der Waals surface area contributed by atoms with Crippen LogP contribution in [0.1, 0.15) is 33.4 Å². The van der Waals surface area contributed by atoms with Crippen molar-refractivity contribution in [3.8, 4) is 0 Å². The molecule has 6 nitrogen and oxygen atoms in total. The van der Waals surface area contributed by atoms with Crippen LogP contribution in [0.5, 0.6) is 0 Å². The van der Waals surface area contributed by atoms with E-state index in [1.54, 1.807) is 6.20 Å². The molecule has 0 spiro atoms. The van der Waals surface area contributed by atoms with Gasteiger partial charge in [-0.15, -0.1) is 0 Å². The van der Waals surface area contributed by atoms with E-state index in [4.69, 9.17) is 10.5 Å². The Bertz CT molecular complexity index is 409. The molecule has 0 aliphatic heterocycles. The summed E-state index contributed by atoms with van der Waals surface area (Å²) in [5.41, 5.74) is 6.57. The Hall–Kier alpha value is -1.56. The van der Waals surface area contributed by atoms with E-state index in [1.807, 2.05) is 38.4 Å². The maximum atomic E-state index is 11.5. The standard InChI is InChI=1S/C13H24N4O2/c1-5-17-11(6-7-16-17)8-10(14)9-15-12(18)19-13(2,3)4/h6-7,10H,5,8-9,14H2,1-4H3,(H,15,18). The zero-order valence-electron chi connectivity index (χ0n) is 12.1. The number of amides is 1. The summed E-state index contributed by atoms with van der Waals surface area (Å²) in [6, 6.07) is 1.78. The number of nitrogens with one attached hydrogen (secondary N) is 1. The van der Waals surface area contributed by atoms with Gasteiger partial charge in [-0.3, -0.25) is 4.68 Å². The number of carbonyl (C=O) groups is 1. The number of carbonyl (C=O) groups excluding carboxylic acids is 1. The van der Waals surface area contributed by atoms with Crippen molar-refractivity contribution in [2.24, 2.45) is 5.73 Å². The van der Waals surface area contributed by atoms with E-state index in [0.717, 1.165) is 12.2 Å². The highest BCUT2D eigenvalue weighted by Gasteiger charge is 2.16. The highest BCUT2D eigenvalue weighted by molar-refractivity contribution is 5.67. The van der Waals surface area contributed by atoms with Crippen LogP contribution < -0.4 is 11.1 Å². The van der Waals surface area contributed by atoms with Gasteiger partial charge in [-0.25, -0.2) is 4.79 Å². The first-order valence-electron chi connectivity index (χ1n) is 6.55. The Labute approximate surface area is 114 Å². The SMILES string of the molecule is CCn1nccc1CC(N)CNC(=O)OC(C)(C)C. The van der Waals surface area contributed by atoms with Crippen molar-refractivity contribution in [1.29, 1.82) is 0 Å². The average molecular weight is 268 g/mol. The van der Waals surface area contributed by atoms with Gasteiger partial charge in [0.15, 0.2) is 0 Å². The van der Waals surface area contributed by atoms with E-state index < -0.39 is 11.7 Å². The predicted octanol–water partition coefficient (Wildman–Crippen LogP) is 1.30. The molecule has 1 aromatic rings. The molecule has 0 aliphatic rings. The smallest absolute Gasteiger partial charge is 0.407 e. The lowest BCUT2D eigenvalue weighted by atomic mass is 10.1. The number of nitrogens with zero attached hydrogens (tertiary/aromatic N) is 2. The molecule has 1 heterocycles. The van der Waals surface area contributed by atoms with E-state index in [-0.39, 0.29) is 6.04 Å². The number of aromatic nitrogens is 2. The molecule has 1 amide bonds. The number of ether oxygens (including phenoxy) is 1. The summed E-state index contributed by atoms with van der Waals surface area (Å²) in [5.74, 6) is 0. The third kappa shape index (κ3) is 5.74. The Morgan fingerprint density at radius 2 is 2.26 bits per heavy atom. The van der Waals surface area contributed by atoms with E-state index >= 15 is 0 Å². The largest absolute Gasteiger partial charge is 0.444 e. The molecule has 0 aliphatic carbocycles. The van der Waals surface area contributed by atoms with Crippen LogP contribution in [0.2, 0.25) is 0 Å². The maximum Gasteiger partial charge on any atom is 0.407 e. The van der Waals surface area contributed by atoms with Gasteiger partial charge in [-0.05, 0) is 33.8 Å². The van der Waals surface area contributed by atoms with Crippen LogP contribution >= 0.6 is 0 Å². The van der Waals surface area contributed by atoms with Crippen molar-refractivity contribution in [1.82, 2.24) is 15.1 Å². The average Bonchev–Trinajstić information content (AvgIpc) is 2.71. The fourth-order valence-corrected chi connectivity index (χ4v) is 1.69. The zero-order valence-corrected chi connectivity index (χ0v) is 12.1. The second-order valence-electron chi connectivity index (χ2n) is 5.49. The first-order valence-corrected chi connectivity index (χ1v) is 6.55. The second-order valence-corrected chi connectivity index (χ2v) is 5.49. The lowest BCUT2D eigenvalue weighted by molar-refractivity contribution is 0.0524. The van der Waals surface area contributed by atoms with Gasteiger partial charge in [0.25, 0.3) is 0 Å². The Morgan fingerprint density at radius 3 is 2.84 bits per heavy atom. The van der Waals surface area contributed by atoms with E-state index in [0.29, 0.717) is 13.0 Å². The summed E-state index contributed by atoms with van der Waals surface area (Å²) in [4.78, 5) is 11.5. The highest BCUT2D eigenvalue weighted by Crippen LogP contribution is 2.06. The minimum absolute atomic E-state index is 0.158. The quantitative estimate of drug-likeness (QED) is 0.843. The van der Waals surface area contributed by atoms with Crippen LogP contribution in [0.15, 0.2) is 12.3 Å². The predicted molar refractivity (Wildman–Crippen MR) is 73.8 cm³/mol. The minimum atomic E-state index is -0.491. The molecule has 3 N–H and O–H groups in total. The number of alkyl carbamates (subject to hydrolysis) is 1. The Balaban J connectivity index is 2.36. The van der Waals surface area contributed by atoms with Crippen LogP contribution in [0.25, 0.3) is 0 Å². The summed E-state index contributed by atoms with van der Waals surface area (Å²) < 4.78 is 7.04. The molecular formula is C13H24N4O2. The normalized spacial score (nSPS) is 13.1. The molecule has 0 radical (unpaired) electrons. The number of nitrogens with two attached hydrogens (primary N) is 1. The third-order valence-corrected chi connectivity index (χ3v) is 2.48. The van der Waals surface area contributed by atoms with Crippen molar-refractivity contribution in [3.05, 3.63) is 18.0 Å². The molecule has 0 aromatic carbocycles. The summed E-state index contributed by atoms with van der Waals surface area (Å²) in [6.07, 6.45) is 1.99. The van der Waals surface area contributed by atoms with Gasteiger partial charge >= 0.3 is 6.09 Å². The monoisotopic (exact) mass is 268 g/mol. The molecule has 1 aromatic heterocycles. The summed E-state index contributed by atoms with van der Waals surface area (Å²) >= 11 is 0. The van der Waals surface area contributed by atoms with E-state index in [1.165, 1.54) is 0 Å². The lowest BCUT2D eigenvalue weighted by Gasteiger charge is -2.20. The van der Waals surface area contributed by atoms with E-state index in [9.17, 15) is 4.79 Å². The third-order valence-electron chi connectivity index (χ3n) is 2.48. The van der Waals surface area contributed by atoms with Crippen LogP contribution in [0, 0.1) is 0 Å². The van der Waals surface area contributed by atoms with Crippen molar-refractivity contribution < 1.29 is 9.53 Å². The van der Waals surface area contributed by atoms with Gasteiger partial charge in [-0.2, -0.15) is 5.10 Å². The van der Waals surface area contributed by atoms with Gasteiger partial charge in [0, 0.05) is 37.4 Å². The zero-order chi connectivity index (χ0) is 14.5. The van der Waals surface area contributed by atoms with Crippen LogP contribution in [0.3, 0.4) is 0 Å². The van der Waals surface area contributed by atoms with Gasteiger partial charge in [-0.1, -0.05) is 0 Å². The summed E-state index contributed by atoms with van der Waals surface area (Å²) in [5, 5.41) is 6.85. The van der Waals surface area contributed by atoms with Gasteiger partial charge in [0.1, 0.15) is 5.60 Å². The Kier molecular flexibility index (Phi) is 5.35. The number of rotatable bonds is 5. The molecule has 0 saturated heterocycles. The topological polar surface area (TPSA) is 82.2 Å². The van der Waals surface area contributed by atoms with Crippen molar-refractivity contribution in [3.63, 3.8) is 0 Å².